The minimum Gasteiger partial charge on any atom is -0.469 e. The number of alkyl halides is 3. The highest BCUT2D eigenvalue weighted by atomic mass is 19.4. The van der Waals surface area contributed by atoms with Crippen LogP contribution in [0.2, 0.25) is 0 Å². The number of hydrogen-bond donors (Lipinski definition) is 0. The molecule has 0 rings (SSSR count). The zero-order chi connectivity index (χ0) is 14.6. The summed E-state index contributed by atoms with van der Waals surface area (Å²) in [7, 11) is 1.32. The Bertz CT molecular complexity index is 280. The van der Waals surface area contributed by atoms with Crippen LogP contribution >= 0.6 is 0 Å². The van der Waals surface area contributed by atoms with E-state index >= 15 is 0 Å². The standard InChI is InChI=1S/C13H23F3O2/c1-11(2,7-6-8-13(14,15)16)9-12(3,4)10(17)18-5/h6-9H2,1-5H3. The molecule has 0 aliphatic heterocycles. The van der Waals surface area contributed by atoms with Crippen LogP contribution in [0, 0.1) is 10.8 Å². The zero-order valence-electron chi connectivity index (χ0n) is 11.8. The van der Waals surface area contributed by atoms with E-state index in [1.165, 1.54) is 7.11 Å². The Labute approximate surface area is 107 Å². The minimum atomic E-state index is -4.10. The first-order valence-electron chi connectivity index (χ1n) is 6.05. The van der Waals surface area contributed by atoms with Crippen molar-refractivity contribution in [2.24, 2.45) is 10.8 Å². The summed E-state index contributed by atoms with van der Waals surface area (Å²) in [5.41, 5.74) is -0.987. The molecule has 0 atom stereocenters. The maximum atomic E-state index is 12.1. The van der Waals surface area contributed by atoms with Gasteiger partial charge in [0.15, 0.2) is 0 Å². The number of carbonyl (C=O) groups excluding carboxylic acids is 1. The molecule has 0 aromatic carbocycles. The molecule has 0 saturated carbocycles. The average Bonchev–Trinajstić information content (AvgIpc) is 2.11. The van der Waals surface area contributed by atoms with E-state index in [0.717, 1.165) is 0 Å². The lowest BCUT2D eigenvalue weighted by Gasteiger charge is -2.33. The first kappa shape index (κ1) is 17.3. The van der Waals surface area contributed by atoms with E-state index < -0.39 is 18.0 Å². The molecule has 0 bridgehead atoms. The van der Waals surface area contributed by atoms with Crippen molar-refractivity contribution < 1.29 is 22.7 Å². The van der Waals surface area contributed by atoms with Crippen LogP contribution in [0.1, 0.15) is 53.4 Å². The molecule has 0 aromatic heterocycles. The third-order valence-corrected chi connectivity index (χ3v) is 2.97. The van der Waals surface area contributed by atoms with E-state index in [-0.39, 0.29) is 17.8 Å². The Hall–Kier alpha value is -0.740. The molecule has 0 N–H and O–H groups in total. The second-order valence-electron chi connectivity index (χ2n) is 6.19. The SMILES string of the molecule is COC(=O)C(C)(C)CC(C)(C)CCCC(F)(F)F. The number of hydrogen-bond acceptors (Lipinski definition) is 2. The number of ether oxygens (including phenoxy) is 1. The number of rotatable bonds is 6. The van der Waals surface area contributed by atoms with E-state index in [4.69, 9.17) is 4.74 Å². The molecular weight excluding hydrogens is 245 g/mol. The smallest absolute Gasteiger partial charge is 0.389 e. The number of halogens is 3. The van der Waals surface area contributed by atoms with Crippen molar-refractivity contribution >= 4 is 5.97 Å². The van der Waals surface area contributed by atoms with Crippen molar-refractivity contribution in [3.63, 3.8) is 0 Å². The van der Waals surface area contributed by atoms with E-state index in [0.29, 0.717) is 12.8 Å². The van der Waals surface area contributed by atoms with Gasteiger partial charge in [-0.3, -0.25) is 4.79 Å². The van der Waals surface area contributed by atoms with Crippen LogP contribution in [0.3, 0.4) is 0 Å². The van der Waals surface area contributed by atoms with Crippen molar-refractivity contribution in [2.75, 3.05) is 7.11 Å². The van der Waals surface area contributed by atoms with Crippen LogP contribution in [-0.4, -0.2) is 19.3 Å². The van der Waals surface area contributed by atoms with Crippen molar-refractivity contribution in [1.29, 1.82) is 0 Å². The predicted molar refractivity (Wildman–Crippen MR) is 64.1 cm³/mol. The van der Waals surface area contributed by atoms with E-state index in [9.17, 15) is 18.0 Å². The fourth-order valence-corrected chi connectivity index (χ4v) is 2.40. The molecule has 0 heterocycles. The molecule has 0 radical (unpaired) electrons. The molecule has 0 spiro atoms. The Morgan fingerprint density at radius 1 is 1.06 bits per heavy atom. The number of esters is 1. The Balaban J connectivity index is 4.34. The van der Waals surface area contributed by atoms with Crippen molar-refractivity contribution in [3.05, 3.63) is 0 Å². The summed E-state index contributed by atoms with van der Waals surface area (Å²) in [5.74, 6) is -0.327. The molecule has 0 amide bonds. The summed E-state index contributed by atoms with van der Waals surface area (Å²) in [6.07, 6.45) is -3.84. The van der Waals surface area contributed by atoms with Gasteiger partial charge in [0.1, 0.15) is 0 Å². The quantitative estimate of drug-likeness (QED) is 0.670. The Morgan fingerprint density at radius 2 is 1.56 bits per heavy atom. The average molecular weight is 268 g/mol. The third-order valence-electron chi connectivity index (χ3n) is 2.97. The van der Waals surface area contributed by atoms with Crippen molar-refractivity contribution in [1.82, 2.24) is 0 Å². The molecule has 0 aliphatic rings. The summed E-state index contributed by atoms with van der Waals surface area (Å²) < 4.78 is 40.9. The van der Waals surface area contributed by atoms with Gasteiger partial charge in [-0.2, -0.15) is 13.2 Å². The van der Waals surface area contributed by atoms with Crippen LogP contribution < -0.4 is 0 Å². The maximum absolute atomic E-state index is 12.1. The fourth-order valence-electron chi connectivity index (χ4n) is 2.40. The largest absolute Gasteiger partial charge is 0.469 e. The van der Waals surface area contributed by atoms with Gasteiger partial charge in [0, 0.05) is 6.42 Å². The van der Waals surface area contributed by atoms with Gasteiger partial charge < -0.3 is 4.74 Å². The van der Waals surface area contributed by atoms with Crippen LogP contribution in [-0.2, 0) is 9.53 Å². The van der Waals surface area contributed by atoms with E-state index in [1.807, 2.05) is 13.8 Å². The second kappa shape index (κ2) is 5.93. The normalized spacial score (nSPS) is 13.6. The molecule has 108 valence electrons. The molecular formula is C13H23F3O2. The first-order chi connectivity index (χ1) is 7.90. The van der Waals surface area contributed by atoms with Crippen molar-refractivity contribution in [2.45, 2.75) is 59.6 Å². The third kappa shape index (κ3) is 6.87. The van der Waals surface area contributed by atoms with Gasteiger partial charge in [-0.05, 0) is 38.5 Å². The topological polar surface area (TPSA) is 26.3 Å². The molecule has 5 heteroatoms. The summed E-state index contributed by atoms with van der Waals surface area (Å²) in [5, 5.41) is 0. The summed E-state index contributed by atoms with van der Waals surface area (Å²) in [4.78, 5) is 11.5. The van der Waals surface area contributed by atoms with E-state index in [1.54, 1.807) is 13.8 Å². The predicted octanol–water partition coefficient (Wildman–Crippen LogP) is 4.33. The summed E-state index contributed by atoms with van der Waals surface area (Å²) >= 11 is 0. The highest BCUT2D eigenvalue weighted by molar-refractivity contribution is 5.75. The number of carbonyl (C=O) groups is 1. The zero-order valence-corrected chi connectivity index (χ0v) is 11.8. The van der Waals surface area contributed by atoms with Gasteiger partial charge in [-0.25, -0.2) is 0 Å². The number of methoxy groups -OCH3 is 1. The van der Waals surface area contributed by atoms with Crippen LogP contribution in [0.4, 0.5) is 13.2 Å². The molecule has 0 unspecified atom stereocenters. The van der Waals surface area contributed by atoms with E-state index in [2.05, 4.69) is 0 Å². The molecule has 0 aromatic rings. The Morgan fingerprint density at radius 3 is 1.94 bits per heavy atom. The van der Waals surface area contributed by atoms with Crippen LogP contribution in [0.5, 0.6) is 0 Å². The lowest BCUT2D eigenvalue weighted by molar-refractivity contribution is -0.153. The summed E-state index contributed by atoms with van der Waals surface area (Å²) in [6, 6.07) is 0. The fraction of sp³-hybridized carbons (Fsp3) is 0.923. The maximum Gasteiger partial charge on any atom is 0.389 e. The minimum absolute atomic E-state index is 0.0910. The lowest BCUT2D eigenvalue weighted by Crippen LogP contribution is -2.31. The van der Waals surface area contributed by atoms with Gasteiger partial charge in [-0.1, -0.05) is 13.8 Å². The molecule has 0 aliphatic carbocycles. The van der Waals surface area contributed by atoms with Crippen LogP contribution in [0.15, 0.2) is 0 Å². The molecule has 2 nitrogen and oxygen atoms in total. The Kier molecular flexibility index (Phi) is 5.69. The molecule has 18 heavy (non-hydrogen) atoms. The van der Waals surface area contributed by atoms with Gasteiger partial charge in [0.25, 0.3) is 0 Å². The highest BCUT2D eigenvalue weighted by Crippen LogP contribution is 2.39. The first-order valence-corrected chi connectivity index (χ1v) is 6.05. The van der Waals surface area contributed by atoms with Crippen LogP contribution in [0.25, 0.3) is 0 Å². The second-order valence-corrected chi connectivity index (χ2v) is 6.19. The van der Waals surface area contributed by atoms with Crippen molar-refractivity contribution in [3.8, 4) is 0 Å². The molecule has 0 fully saturated rings. The van der Waals surface area contributed by atoms with Gasteiger partial charge in [0.2, 0.25) is 0 Å². The molecule has 0 saturated heterocycles. The van der Waals surface area contributed by atoms with Gasteiger partial charge >= 0.3 is 12.1 Å². The highest BCUT2D eigenvalue weighted by Gasteiger charge is 2.36. The lowest BCUT2D eigenvalue weighted by atomic mass is 9.72. The summed E-state index contributed by atoms with van der Waals surface area (Å²) in [6.45, 7) is 7.27. The van der Waals surface area contributed by atoms with Gasteiger partial charge in [-0.15, -0.1) is 0 Å². The van der Waals surface area contributed by atoms with Gasteiger partial charge in [0.05, 0.1) is 12.5 Å². The monoisotopic (exact) mass is 268 g/mol.